The molecule has 0 aliphatic rings. The zero-order valence-corrected chi connectivity index (χ0v) is 9.38. The predicted molar refractivity (Wildman–Crippen MR) is 61.3 cm³/mol. The minimum Gasteiger partial charge on any atom is -0.497 e. The molecular weight excluding hydrogens is 204 g/mol. The lowest BCUT2D eigenvalue weighted by molar-refractivity contribution is 0.340. The van der Waals surface area contributed by atoms with Crippen LogP contribution in [0.4, 0.5) is 0 Å². The lowest BCUT2D eigenvalue weighted by Gasteiger charge is -2.03. The van der Waals surface area contributed by atoms with E-state index < -0.39 is 0 Å². The van der Waals surface area contributed by atoms with Crippen LogP contribution < -0.4 is 9.47 Å². The van der Waals surface area contributed by atoms with Gasteiger partial charge < -0.3 is 9.47 Å². The Hall–Kier alpha value is -1.97. The van der Waals surface area contributed by atoms with Crippen molar-refractivity contribution in [2.45, 2.75) is 6.92 Å². The van der Waals surface area contributed by atoms with E-state index in [1.165, 1.54) is 0 Å². The molecule has 1 aromatic heterocycles. The van der Waals surface area contributed by atoms with Crippen LogP contribution in [0.2, 0.25) is 0 Å². The van der Waals surface area contributed by atoms with Gasteiger partial charge in [-0.1, -0.05) is 6.07 Å². The van der Waals surface area contributed by atoms with E-state index in [9.17, 15) is 0 Å². The molecule has 4 nitrogen and oxygen atoms in total. The SMILES string of the molecule is CCOc1cnn(-c2cccc(OC)c2)c1. The molecule has 1 heterocycles. The summed E-state index contributed by atoms with van der Waals surface area (Å²) >= 11 is 0. The molecule has 0 aliphatic heterocycles. The van der Waals surface area contributed by atoms with Crippen LogP contribution in [0.5, 0.6) is 11.5 Å². The highest BCUT2D eigenvalue weighted by atomic mass is 16.5. The van der Waals surface area contributed by atoms with E-state index in [1.54, 1.807) is 18.0 Å². The van der Waals surface area contributed by atoms with Crippen molar-refractivity contribution in [3.63, 3.8) is 0 Å². The Bertz CT molecular complexity index is 466. The first-order valence-electron chi connectivity index (χ1n) is 5.15. The number of ether oxygens (including phenoxy) is 2. The summed E-state index contributed by atoms with van der Waals surface area (Å²) in [5.41, 5.74) is 0.949. The summed E-state index contributed by atoms with van der Waals surface area (Å²) in [7, 11) is 1.65. The Morgan fingerprint density at radius 3 is 2.94 bits per heavy atom. The van der Waals surface area contributed by atoms with Gasteiger partial charge in [0.15, 0.2) is 5.75 Å². The molecular formula is C12H14N2O2. The lowest BCUT2D eigenvalue weighted by Crippen LogP contribution is -1.94. The van der Waals surface area contributed by atoms with Crippen molar-refractivity contribution in [1.29, 1.82) is 0 Å². The summed E-state index contributed by atoms with van der Waals surface area (Å²) in [6.07, 6.45) is 3.54. The molecule has 0 bridgehead atoms. The van der Waals surface area contributed by atoms with E-state index >= 15 is 0 Å². The smallest absolute Gasteiger partial charge is 0.157 e. The molecule has 0 spiro atoms. The monoisotopic (exact) mass is 218 g/mol. The molecule has 4 heteroatoms. The van der Waals surface area contributed by atoms with Crippen LogP contribution in [0.1, 0.15) is 6.92 Å². The van der Waals surface area contributed by atoms with Gasteiger partial charge in [0.05, 0.1) is 31.8 Å². The van der Waals surface area contributed by atoms with Crippen molar-refractivity contribution in [2.24, 2.45) is 0 Å². The standard InChI is InChI=1S/C12H14N2O2/c1-3-16-12-8-13-14(9-12)10-5-4-6-11(7-10)15-2/h4-9H,3H2,1-2H3. The summed E-state index contributed by atoms with van der Waals surface area (Å²) in [5.74, 6) is 1.58. The zero-order chi connectivity index (χ0) is 11.4. The lowest BCUT2D eigenvalue weighted by atomic mass is 10.3. The molecule has 0 amide bonds. The summed E-state index contributed by atoms with van der Waals surface area (Å²) in [6, 6.07) is 7.71. The molecule has 0 saturated heterocycles. The molecule has 0 fully saturated rings. The maximum Gasteiger partial charge on any atom is 0.157 e. The Kier molecular flexibility index (Phi) is 3.10. The van der Waals surface area contributed by atoms with Gasteiger partial charge in [0.1, 0.15) is 5.75 Å². The van der Waals surface area contributed by atoms with Crippen LogP contribution in [-0.4, -0.2) is 23.5 Å². The molecule has 0 N–H and O–H groups in total. The Labute approximate surface area is 94.4 Å². The third-order valence-corrected chi connectivity index (χ3v) is 2.19. The van der Waals surface area contributed by atoms with E-state index in [4.69, 9.17) is 9.47 Å². The fraction of sp³-hybridized carbons (Fsp3) is 0.250. The molecule has 16 heavy (non-hydrogen) atoms. The summed E-state index contributed by atoms with van der Waals surface area (Å²) in [5, 5.41) is 4.22. The highest BCUT2D eigenvalue weighted by Gasteiger charge is 2.02. The average molecular weight is 218 g/mol. The van der Waals surface area contributed by atoms with Gasteiger partial charge in [0.2, 0.25) is 0 Å². The molecule has 0 unspecified atom stereocenters. The molecule has 0 aliphatic carbocycles. The molecule has 0 saturated carbocycles. The van der Waals surface area contributed by atoms with Crippen molar-refractivity contribution in [1.82, 2.24) is 9.78 Å². The first-order valence-corrected chi connectivity index (χ1v) is 5.15. The van der Waals surface area contributed by atoms with Crippen molar-refractivity contribution >= 4 is 0 Å². The third-order valence-electron chi connectivity index (χ3n) is 2.19. The van der Waals surface area contributed by atoms with E-state index in [2.05, 4.69) is 5.10 Å². The highest BCUT2D eigenvalue weighted by molar-refractivity contribution is 5.39. The minimum absolute atomic E-state index is 0.643. The van der Waals surface area contributed by atoms with Crippen molar-refractivity contribution in [3.05, 3.63) is 36.7 Å². The average Bonchev–Trinajstić information content (AvgIpc) is 2.78. The molecule has 2 rings (SSSR count). The number of nitrogens with zero attached hydrogens (tertiary/aromatic N) is 2. The minimum atomic E-state index is 0.643. The fourth-order valence-corrected chi connectivity index (χ4v) is 1.44. The fourth-order valence-electron chi connectivity index (χ4n) is 1.44. The second-order valence-corrected chi connectivity index (χ2v) is 3.26. The van der Waals surface area contributed by atoms with Crippen LogP contribution >= 0.6 is 0 Å². The van der Waals surface area contributed by atoms with Gasteiger partial charge in [-0.3, -0.25) is 0 Å². The van der Waals surface area contributed by atoms with Crippen LogP contribution in [0, 0.1) is 0 Å². The Morgan fingerprint density at radius 2 is 2.19 bits per heavy atom. The van der Waals surface area contributed by atoms with Gasteiger partial charge in [-0.25, -0.2) is 4.68 Å². The largest absolute Gasteiger partial charge is 0.497 e. The van der Waals surface area contributed by atoms with Gasteiger partial charge in [-0.15, -0.1) is 0 Å². The van der Waals surface area contributed by atoms with Gasteiger partial charge in [0, 0.05) is 6.07 Å². The number of benzene rings is 1. The van der Waals surface area contributed by atoms with Gasteiger partial charge in [0.25, 0.3) is 0 Å². The number of methoxy groups -OCH3 is 1. The summed E-state index contributed by atoms with van der Waals surface area (Å²) in [4.78, 5) is 0. The Balaban J connectivity index is 2.27. The molecule has 0 atom stereocenters. The summed E-state index contributed by atoms with van der Waals surface area (Å²) in [6.45, 7) is 2.59. The Morgan fingerprint density at radius 1 is 1.31 bits per heavy atom. The number of rotatable bonds is 4. The summed E-state index contributed by atoms with van der Waals surface area (Å²) < 4.78 is 12.3. The van der Waals surface area contributed by atoms with Crippen LogP contribution in [0.25, 0.3) is 5.69 Å². The second kappa shape index (κ2) is 4.70. The van der Waals surface area contributed by atoms with Crippen LogP contribution in [-0.2, 0) is 0 Å². The first-order chi connectivity index (χ1) is 7.83. The normalized spacial score (nSPS) is 10.1. The molecule has 2 aromatic rings. The van der Waals surface area contributed by atoms with Gasteiger partial charge in [-0.05, 0) is 19.1 Å². The molecule has 0 radical (unpaired) electrons. The highest BCUT2D eigenvalue weighted by Crippen LogP contribution is 2.18. The van der Waals surface area contributed by atoms with E-state index in [1.807, 2.05) is 37.4 Å². The zero-order valence-electron chi connectivity index (χ0n) is 9.38. The van der Waals surface area contributed by atoms with Crippen molar-refractivity contribution in [2.75, 3.05) is 13.7 Å². The third kappa shape index (κ3) is 2.16. The number of hydrogen-bond donors (Lipinski definition) is 0. The maximum absolute atomic E-state index is 5.35. The van der Waals surface area contributed by atoms with Gasteiger partial charge >= 0.3 is 0 Å². The van der Waals surface area contributed by atoms with Crippen molar-refractivity contribution < 1.29 is 9.47 Å². The topological polar surface area (TPSA) is 36.3 Å². The molecule has 1 aromatic carbocycles. The van der Waals surface area contributed by atoms with Gasteiger partial charge in [-0.2, -0.15) is 5.10 Å². The molecule has 84 valence electrons. The van der Waals surface area contributed by atoms with Crippen molar-refractivity contribution in [3.8, 4) is 17.2 Å². The number of aromatic nitrogens is 2. The number of hydrogen-bond acceptors (Lipinski definition) is 3. The van der Waals surface area contributed by atoms with E-state index in [-0.39, 0.29) is 0 Å². The van der Waals surface area contributed by atoms with Crippen LogP contribution in [0.15, 0.2) is 36.7 Å². The predicted octanol–water partition coefficient (Wildman–Crippen LogP) is 2.28. The maximum atomic E-state index is 5.35. The van der Waals surface area contributed by atoms with E-state index in [0.717, 1.165) is 17.2 Å². The van der Waals surface area contributed by atoms with Crippen LogP contribution in [0.3, 0.4) is 0 Å². The van der Waals surface area contributed by atoms with E-state index in [0.29, 0.717) is 6.61 Å². The quantitative estimate of drug-likeness (QED) is 0.789. The first kappa shape index (κ1) is 10.5. The second-order valence-electron chi connectivity index (χ2n) is 3.26.